The van der Waals surface area contributed by atoms with Crippen molar-refractivity contribution < 1.29 is 9.84 Å². The minimum absolute atomic E-state index is 0.471. The first kappa shape index (κ1) is 14.2. The van der Waals surface area contributed by atoms with Crippen LogP contribution in [0.2, 0.25) is 10.0 Å². The van der Waals surface area contributed by atoms with E-state index in [1.54, 1.807) is 31.4 Å². The van der Waals surface area contributed by atoms with Gasteiger partial charge < -0.3 is 9.84 Å². The highest BCUT2D eigenvalue weighted by Gasteiger charge is 2.14. The Kier molecular flexibility index (Phi) is 4.70. The third-order valence-electron chi connectivity index (χ3n) is 2.87. The smallest absolute Gasteiger partial charge is 0.126 e. The maximum atomic E-state index is 10.3. The summed E-state index contributed by atoms with van der Waals surface area (Å²) in [6, 6.07) is 12.6. The van der Waals surface area contributed by atoms with Crippen LogP contribution in [-0.2, 0) is 6.42 Å². The van der Waals surface area contributed by atoms with Gasteiger partial charge in [0.15, 0.2) is 0 Å². The number of aliphatic hydroxyl groups excluding tert-OH is 1. The van der Waals surface area contributed by atoms with Gasteiger partial charge in [-0.3, -0.25) is 0 Å². The summed E-state index contributed by atoms with van der Waals surface area (Å²) in [7, 11) is 1.56. The SMILES string of the molecule is COc1cc(Cl)ccc1C(O)Cc1cccc(Cl)c1. The normalized spacial score (nSPS) is 12.2. The zero-order chi connectivity index (χ0) is 13.8. The van der Waals surface area contributed by atoms with Crippen LogP contribution in [0.3, 0.4) is 0 Å². The van der Waals surface area contributed by atoms with Gasteiger partial charge in [-0.05, 0) is 29.8 Å². The predicted molar refractivity (Wildman–Crippen MR) is 78.1 cm³/mol. The fourth-order valence-corrected chi connectivity index (χ4v) is 2.33. The Hall–Kier alpha value is -1.22. The second-order valence-corrected chi connectivity index (χ2v) is 5.11. The fraction of sp³-hybridized carbons (Fsp3) is 0.200. The largest absolute Gasteiger partial charge is 0.496 e. The van der Waals surface area contributed by atoms with Crippen molar-refractivity contribution in [1.82, 2.24) is 0 Å². The van der Waals surface area contributed by atoms with E-state index in [1.165, 1.54) is 0 Å². The topological polar surface area (TPSA) is 29.5 Å². The number of benzene rings is 2. The first-order valence-electron chi connectivity index (χ1n) is 5.86. The van der Waals surface area contributed by atoms with Crippen LogP contribution in [-0.4, -0.2) is 12.2 Å². The molecule has 100 valence electrons. The Morgan fingerprint density at radius 1 is 1.11 bits per heavy atom. The molecule has 0 bridgehead atoms. The Labute approximate surface area is 122 Å². The molecule has 1 atom stereocenters. The lowest BCUT2D eigenvalue weighted by Crippen LogP contribution is -2.04. The molecule has 0 saturated carbocycles. The van der Waals surface area contributed by atoms with Crippen LogP contribution < -0.4 is 4.74 Å². The van der Waals surface area contributed by atoms with E-state index >= 15 is 0 Å². The third-order valence-corrected chi connectivity index (χ3v) is 3.34. The van der Waals surface area contributed by atoms with Crippen LogP contribution in [0.4, 0.5) is 0 Å². The molecular formula is C15H14Cl2O2. The van der Waals surface area contributed by atoms with Crippen molar-refractivity contribution >= 4 is 23.2 Å². The molecule has 4 heteroatoms. The van der Waals surface area contributed by atoms with Gasteiger partial charge in [0.2, 0.25) is 0 Å². The molecule has 19 heavy (non-hydrogen) atoms. The van der Waals surface area contributed by atoms with Gasteiger partial charge in [0, 0.05) is 22.0 Å². The van der Waals surface area contributed by atoms with E-state index in [9.17, 15) is 5.11 Å². The summed E-state index contributed by atoms with van der Waals surface area (Å²) in [6.45, 7) is 0. The van der Waals surface area contributed by atoms with E-state index in [2.05, 4.69) is 0 Å². The monoisotopic (exact) mass is 296 g/mol. The number of aliphatic hydroxyl groups is 1. The molecule has 2 aromatic rings. The number of rotatable bonds is 4. The van der Waals surface area contributed by atoms with Crippen molar-refractivity contribution in [3.05, 3.63) is 63.6 Å². The highest BCUT2D eigenvalue weighted by atomic mass is 35.5. The summed E-state index contributed by atoms with van der Waals surface area (Å²) in [5.74, 6) is 0.585. The van der Waals surface area contributed by atoms with Crippen LogP contribution in [0.1, 0.15) is 17.2 Å². The zero-order valence-electron chi connectivity index (χ0n) is 10.4. The minimum atomic E-state index is -0.661. The summed E-state index contributed by atoms with van der Waals surface area (Å²) in [5.41, 5.74) is 1.68. The lowest BCUT2D eigenvalue weighted by molar-refractivity contribution is 0.174. The summed E-state index contributed by atoms with van der Waals surface area (Å²) in [5, 5.41) is 11.5. The van der Waals surface area contributed by atoms with E-state index in [4.69, 9.17) is 27.9 Å². The van der Waals surface area contributed by atoms with Gasteiger partial charge in [-0.25, -0.2) is 0 Å². The molecule has 1 unspecified atom stereocenters. The van der Waals surface area contributed by atoms with E-state index in [0.29, 0.717) is 27.8 Å². The van der Waals surface area contributed by atoms with E-state index in [0.717, 1.165) is 5.56 Å². The Morgan fingerprint density at radius 2 is 1.84 bits per heavy atom. The number of hydrogen-bond donors (Lipinski definition) is 1. The molecular weight excluding hydrogens is 283 g/mol. The van der Waals surface area contributed by atoms with Crippen LogP contribution in [0.25, 0.3) is 0 Å². The maximum absolute atomic E-state index is 10.3. The predicted octanol–water partition coefficient (Wildman–Crippen LogP) is 4.28. The van der Waals surface area contributed by atoms with Crippen molar-refractivity contribution in [2.24, 2.45) is 0 Å². The summed E-state index contributed by atoms with van der Waals surface area (Å²) in [4.78, 5) is 0. The van der Waals surface area contributed by atoms with Gasteiger partial charge in [-0.2, -0.15) is 0 Å². The molecule has 0 radical (unpaired) electrons. The molecule has 2 rings (SSSR count). The highest BCUT2D eigenvalue weighted by Crippen LogP contribution is 2.30. The zero-order valence-corrected chi connectivity index (χ0v) is 11.9. The minimum Gasteiger partial charge on any atom is -0.496 e. The van der Waals surface area contributed by atoms with Crippen LogP contribution in [0.15, 0.2) is 42.5 Å². The lowest BCUT2D eigenvalue weighted by atomic mass is 10.0. The van der Waals surface area contributed by atoms with E-state index in [-0.39, 0.29) is 0 Å². The summed E-state index contributed by atoms with van der Waals surface area (Å²) >= 11 is 11.8. The Bertz CT molecular complexity index is 570. The molecule has 0 aliphatic heterocycles. The second kappa shape index (κ2) is 6.29. The molecule has 1 N–H and O–H groups in total. The van der Waals surface area contributed by atoms with Gasteiger partial charge in [-0.15, -0.1) is 0 Å². The Morgan fingerprint density at radius 3 is 2.53 bits per heavy atom. The number of methoxy groups -OCH3 is 1. The van der Waals surface area contributed by atoms with Crippen molar-refractivity contribution in [2.75, 3.05) is 7.11 Å². The van der Waals surface area contributed by atoms with Crippen molar-refractivity contribution in [3.63, 3.8) is 0 Å². The Balaban J connectivity index is 2.22. The average molecular weight is 297 g/mol. The van der Waals surface area contributed by atoms with Crippen LogP contribution >= 0.6 is 23.2 Å². The van der Waals surface area contributed by atoms with Crippen molar-refractivity contribution in [2.45, 2.75) is 12.5 Å². The molecule has 2 aromatic carbocycles. The van der Waals surface area contributed by atoms with Crippen LogP contribution in [0.5, 0.6) is 5.75 Å². The first-order chi connectivity index (χ1) is 9.10. The maximum Gasteiger partial charge on any atom is 0.126 e. The third kappa shape index (κ3) is 3.63. The summed E-state index contributed by atoms with van der Waals surface area (Å²) in [6.07, 6.45) is -0.191. The molecule has 2 nitrogen and oxygen atoms in total. The molecule has 0 spiro atoms. The van der Waals surface area contributed by atoms with Gasteiger partial charge in [0.05, 0.1) is 13.2 Å². The van der Waals surface area contributed by atoms with Gasteiger partial charge in [-0.1, -0.05) is 41.4 Å². The van der Waals surface area contributed by atoms with Gasteiger partial charge >= 0.3 is 0 Å². The molecule has 0 aliphatic carbocycles. The first-order valence-corrected chi connectivity index (χ1v) is 6.61. The van der Waals surface area contributed by atoms with E-state index in [1.807, 2.05) is 18.2 Å². The number of halogens is 2. The quantitative estimate of drug-likeness (QED) is 0.912. The van der Waals surface area contributed by atoms with Crippen LogP contribution in [0, 0.1) is 0 Å². The van der Waals surface area contributed by atoms with Crippen molar-refractivity contribution in [3.8, 4) is 5.75 Å². The molecule has 0 heterocycles. The fourth-order valence-electron chi connectivity index (χ4n) is 1.96. The van der Waals surface area contributed by atoms with Gasteiger partial charge in [0.1, 0.15) is 5.75 Å². The molecule has 0 aromatic heterocycles. The highest BCUT2D eigenvalue weighted by molar-refractivity contribution is 6.31. The summed E-state index contributed by atoms with van der Waals surface area (Å²) < 4.78 is 5.24. The second-order valence-electron chi connectivity index (χ2n) is 4.24. The molecule has 0 saturated heterocycles. The average Bonchev–Trinajstić information content (AvgIpc) is 2.38. The standard InChI is InChI=1S/C15H14Cl2O2/c1-19-15-9-12(17)5-6-13(15)14(18)8-10-3-2-4-11(16)7-10/h2-7,9,14,18H,8H2,1H3. The van der Waals surface area contributed by atoms with Gasteiger partial charge in [0.25, 0.3) is 0 Å². The van der Waals surface area contributed by atoms with E-state index < -0.39 is 6.10 Å². The lowest BCUT2D eigenvalue weighted by Gasteiger charge is -2.15. The molecule has 0 aliphatic rings. The van der Waals surface area contributed by atoms with Crippen molar-refractivity contribution in [1.29, 1.82) is 0 Å². The molecule has 0 amide bonds. The number of hydrogen-bond acceptors (Lipinski definition) is 2. The molecule has 0 fully saturated rings. The number of ether oxygens (including phenoxy) is 1.